The van der Waals surface area contributed by atoms with Gasteiger partial charge in [0, 0.05) is 25.9 Å². The van der Waals surface area contributed by atoms with Gasteiger partial charge in [-0.15, -0.1) is 0 Å². The van der Waals surface area contributed by atoms with Gasteiger partial charge in [-0.25, -0.2) is 12.7 Å². The molecule has 3 rings (SSSR count). The number of hydrogen-bond acceptors (Lipinski definition) is 7. The third-order valence-corrected chi connectivity index (χ3v) is 6.38. The van der Waals surface area contributed by atoms with Crippen molar-refractivity contribution in [3.05, 3.63) is 42.0 Å². The summed E-state index contributed by atoms with van der Waals surface area (Å²) in [6.45, 7) is 2.94. The molecule has 32 heavy (non-hydrogen) atoms. The van der Waals surface area contributed by atoms with E-state index >= 15 is 0 Å². The maximum absolute atomic E-state index is 12.6. The van der Waals surface area contributed by atoms with Crippen LogP contribution in [-0.4, -0.2) is 59.7 Å². The zero-order valence-electron chi connectivity index (χ0n) is 18.4. The molecule has 0 aliphatic carbocycles. The van der Waals surface area contributed by atoms with Crippen molar-refractivity contribution in [3.8, 4) is 23.0 Å². The van der Waals surface area contributed by atoms with Crippen LogP contribution in [-0.2, 0) is 14.8 Å². The maximum Gasteiger partial charge on any atom is 0.248 e. The Hall–Kier alpha value is -3.24. The van der Waals surface area contributed by atoms with Crippen molar-refractivity contribution in [1.82, 2.24) is 4.31 Å². The van der Waals surface area contributed by atoms with Gasteiger partial charge in [0.1, 0.15) is 23.9 Å². The summed E-state index contributed by atoms with van der Waals surface area (Å²) in [6.07, 6.45) is 2.93. The van der Waals surface area contributed by atoms with Crippen molar-refractivity contribution < 1.29 is 32.2 Å². The van der Waals surface area contributed by atoms with Gasteiger partial charge >= 0.3 is 0 Å². The van der Waals surface area contributed by atoms with Gasteiger partial charge in [-0.05, 0) is 48.9 Å². The van der Waals surface area contributed by atoms with E-state index in [9.17, 15) is 13.2 Å². The highest BCUT2D eigenvalue weighted by molar-refractivity contribution is 7.89. The number of carbonyl (C=O) groups is 1. The molecule has 0 saturated heterocycles. The van der Waals surface area contributed by atoms with E-state index in [1.807, 2.05) is 0 Å². The normalized spacial score (nSPS) is 13.3. The fourth-order valence-electron chi connectivity index (χ4n) is 3.00. The minimum Gasteiger partial charge on any atom is -0.493 e. The van der Waals surface area contributed by atoms with Crippen LogP contribution in [0, 0.1) is 0 Å². The number of carbonyl (C=O) groups excluding carboxylic acids is 1. The number of ether oxygens (including phenoxy) is 4. The SMILES string of the molecule is CCOc1ccc(NC(=O)C=Cc2cc(OC)c3c(c2)OCCO3)cc1S(=O)(=O)N(C)C. The Morgan fingerprint density at radius 3 is 2.59 bits per heavy atom. The van der Waals surface area contributed by atoms with Crippen molar-refractivity contribution >= 4 is 27.7 Å². The summed E-state index contributed by atoms with van der Waals surface area (Å²) in [7, 11) is 0.629. The summed E-state index contributed by atoms with van der Waals surface area (Å²) < 4.78 is 48.3. The Morgan fingerprint density at radius 1 is 1.16 bits per heavy atom. The molecule has 172 valence electrons. The molecule has 1 N–H and O–H groups in total. The number of sulfonamides is 1. The number of rotatable bonds is 8. The molecule has 0 bridgehead atoms. The predicted octanol–water partition coefficient (Wildman–Crippen LogP) is 2.77. The number of nitrogens with zero attached hydrogens (tertiary/aromatic N) is 1. The van der Waals surface area contributed by atoms with Crippen molar-refractivity contribution in [2.24, 2.45) is 0 Å². The molecule has 2 aromatic rings. The number of hydrogen-bond donors (Lipinski definition) is 1. The van der Waals surface area contributed by atoms with E-state index in [-0.39, 0.29) is 10.6 Å². The summed E-state index contributed by atoms with van der Waals surface area (Å²) in [5.74, 6) is 1.37. The lowest BCUT2D eigenvalue weighted by atomic mass is 10.1. The van der Waals surface area contributed by atoms with E-state index < -0.39 is 15.9 Å². The maximum atomic E-state index is 12.6. The van der Waals surface area contributed by atoms with Crippen LogP contribution in [0.15, 0.2) is 41.3 Å². The van der Waals surface area contributed by atoms with E-state index in [0.717, 1.165) is 4.31 Å². The van der Waals surface area contributed by atoms with Gasteiger partial charge in [-0.2, -0.15) is 0 Å². The van der Waals surface area contributed by atoms with Crippen molar-refractivity contribution in [2.75, 3.05) is 46.3 Å². The standard InChI is InChI=1S/C22H26N2O7S/c1-5-29-17-8-7-16(14-20(17)32(26,27)24(2)3)23-21(25)9-6-15-12-18(28-4)22-19(13-15)30-10-11-31-22/h6-9,12-14H,5,10-11H2,1-4H3,(H,23,25). The summed E-state index contributed by atoms with van der Waals surface area (Å²) in [6, 6.07) is 7.96. The Morgan fingerprint density at radius 2 is 1.91 bits per heavy atom. The topological polar surface area (TPSA) is 103 Å². The zero-order valence-corrected chi connectivity index (χ0v) is 19.2. The number of fused-ring (bicyclic) bond motifs is 1. The minimum absolute atomic E-state index is 0.0253. The third-order valence-electron chi connectivity index (χ3n) is 4.55. The second-order valence-corrected chi connectivity index (χ2v) is 9.07. The quantitative estimate of drug-likeness (QED) is 0.602. The first-order valence-corrected chi connectivity index (χ1v) is 11.4. The highest BCUT2D eigenvalue weighted by atomic mass is 32.2. The van der Waals surface area contributed by atoms with Gasteiger partial charge in [0.2, 0.25) is 21.7 Å². The Kier molecular flexibility index (Phi) is 7.26. The third kappa shape index (κ3) is 5.14. The van der Waals surface area contributed by atoms with Crippen LogP contribution in [0.1, 0.15) is 12.5 Å². The summed E-state index contributed by atoms with van der Waals surface area (Å²) in [4.78, 5) is 12.4. The van der Waals surface area contributed by atoms with Gasteiger partial charge in [0.05, 0.1) is 13.7 Å². The van der Waals surface area contributed by atoms with Gasteiger partial charge < -0.3 is 24.3 Å². The van der Waals surface area contributed by atoms with Crippen molar-refractivity contribution in [3.63, 3.8) is 0 Å². The molecule has 0 radical (unpaired) electrons. The Labute approximate surface area is 187 Å². The van der Waals surface area contributed by atoms with Crippen molar-refractivity contribution in [2.45, 2.75) is 11.8 Å². The predicted molar refractivity (Wildman–Crippen MR) is 120 cm³/mol. The van der Waals surface area contributed by atoms with E-state index in [1.54, 1.807) is 31.2 Å². The highest BCUT2D eigenvalue weighted by Crippen LogP contribution is 2.40. The average Bonchev–Trinajstić information content (AvgIpc) is 2.78. The molecular weight excluding hydrogens is 436 g/mol. The smallest absolute Gasteiger partial charge is 0.248 e. The van der Waals surface area contributed by atoms with E-state index in [4.69, 9.17) is 18.9 Å². The molecule has 1 heterocycles. The molecule has 0 unspecified atom stereocenters. The summed E-state index contributed by atoms with van der Waals surface area (Å²) in [5.41, 5.74) is 1.01. The number of anilines is 1. The van der Waals surface area contributed by atoms with Crippen molar-refractivity contribution in [1.29, 1.82) is 0 Å². The molecular formula is C22H26N2O7S. The van der Waals surface area contributed by atoms with E-state index in [1.165, 1.54) is 39.4 Å². The molecule has 1 aliphatic heterocycles. The molecule has 0 atom stereocenters. The molecule has 1 aliphatic rings. The van der Waals surface area contributed by atoms with Crippen LogP contribution in [0.25, 0.3) is 6.08 Å². The average molecular weight is 463 g/mol. The lowest BCUT2D eigenvalue weighted by Gasteiger charge is -2.20. The molecule has 1 amide bonds. The van der Waals surface area contributed by atoms with E-state index in [2.05, 4.69) is 5.32 Å². The molecule has 10 heteroatoms. The molecule has 0 saturated carbocycles. The van der Waals surface area contributed by atoms with Gasteiger partial charge in [0.15, 0.2) is 11.5 Å². The zero-order chi connectivity index (χ0) is 23.3. The second kappa shape index (κ2) is 9.92. The molecule has 9 nitrogen and oxygen atoms in total. The molecule has 0 fully saturated rings. The van der Waals surface area contributed by atoms with E-state index in [0.29, 0.717) is 48.3 Å². The van der Waals surface area contributed by atoms with Crippen LogP contribution in [0.4, 0.5) is 5.69 Å². The first-order chi connectivity index (χ1) is 15.3. The Balaban J connectivity index is 1.81. The van der Waals surface area contributed by atoms with Gasteiger partial charge in [-0.1, -0.05) is 0 Å². The van der Waals surface area contributed by atoms with Crippen LogP contribution in [0.2, 0.25) is 0 Å². The highest BCUT2D eigenvalue weighted by Gasteiger charge is 2.23. The Bertz CT molecular complexity index is 1110. The van der Waals surface area contributed by atoms with Crippen LogP contribution in [0.3, 0.4) is 0 Å². The number of nitrogens with one attached hydrogen (secondary N) is 1. The van der Waals surface area contributed by atoms with Crippen LogP contribution >= 0.6 is 0 Å². The lowest BCUT2D eigenvalue weighted by molar-refractivity contribution is -0.111. The van der Waals surface area contributed by atoms with Gasteiger partial charge in [0.25, 0.3) is 0 Å². The fourth-order valence-corrected chi connectivity index (χ4v) is 4.05. The second-order valence-electron chi connectivity index (χ2n) is 6.95. The number of benzene rings is 2. The largest absolute Gasteiger partial charge is 0.493 e. The fraction of sp³-hybridized carbons (Fsp3) is 0.318. The summed E-state index contributed by atoms with van der Waals surface area (Å²) >= 11 is 0. The number of methoxy groups -OCH3 is 1. The van der Waals surface area contributed by atoms with Crippen LogP contribution < -0.4 is 24.3 Å². The first-order valence-electron chi connectivity index (χ1n) is 9.92. The minimum atomic E-state index is -3.76. The monoisotopic (exact) mass is 462 g/mol. The number of amides is 1. The van der Waals surface area contributed by atoms with Crippen LogP contribution in [0.5, 0.6) is 23.0 Å². The molecule has 0 aromatic heterocycles. The molecule has 2 aromatic carbocycles. The van der Waals surface area contributed by atoms with Gasteiger partial charge in [-0.3, -0.25) is 4.79 Å². The lowest BCUT2D eigenvalue weighted by Crippen LogP contribution is -2.23. The molecule has 0 spiro atoms. The summed E-state index contributed by atoms with van der Waals surface area (Å²) in [5, 5.41) is 2.67. The first kappa shape index (κ1) is 23.4.